The van der Waals surface area contributed by atoms with E-state index in [2.05, 4.69) is 13.8 Å². The number of carbonyl (C=O) groups is 2. The molecule has 0 rings (SSSR count). The molecule has 0 aliphatic carbocycles. The van der Waals surface area contributed by atoms with Gasteiger partial charge in [0.05, 0.1) is 0 Å². The first kappa shape index (κ1) is 27.4. The molecule has 25 heavy (non-hydrogen) atoms. The minimum atomic E-state index is -1.28. The fourth-order valence-electron chi connectivity index (χ4n) is 3.34. The van der Waals surface area contributed by atoms with Crippen molar-refractivity contribution in [2.45, 2.75) is 110 Å². The molecule has 0 saturated heterocycles. The first-order chi connectivity index (χ1) is 11.5. The molecule has 5 heteroatoms. The van der Waals surface area contributed by atoms with Crippen molar-refractivity contribution < 1.29 is 19.8 Å². The van der Waals surface area contributed by atoms with E-state index in [4.69, 9.17) is 0 Å². The molecule has 0 atom stereocenters. The zero-order chi connectivity index (χ0) is 18.3. The van der Waals surface area contributed by atoms with Crippen LogP contribution < -0.4 is 10.2 Å². The molecule has 142 valence electrons. The van der Waals surface area contributed by atoms with E-state index in [1.165, 1.54) is 25.7 Å². The van der Waals surface area contributed by atoms with Crippen LogP contribution in [0.2, 0.25) is 0 Å². The number of hydrogen-bond donors (Lipinski definition) is 0. The zero-order valence-electron chi connectivity index (χ0n) is 16.4. The van der Waals surface area contributed by atoms with Gasteiger partial charge in [-0.15, -0.1) is 0 Å². The maximum Gasteiger partial charge on any atom is 2.00 e. The summed E-state index contributed by atoms with van der Waals surface area (Å²) in [6, 6.07) is 0. The summed E-state index contributed by atoms with van der Waals surface area (Å²) < 4.78 is 0. The van der Waals surface area contributed by atoms with Crippen LogP contribution in [0.4, 0.5) is 0 Å². The van der Waals surface area contributed by atoms with E-state index in [0.29, 0.717) is 12.8 Å². The van der Waals surface area contributed by atoms with Crippen LogP contribution in [0.3, 0.4) is 0 Å². The third kappa shape index (κ3) is 14.0. The quantitative estimate of drug-likeness (QED) is 0.287. The van der Waals surface area contributed by atoms with Gasteiger partial charge in [0.25, 0.3) is 0 Å². The number of aliphatic carboxylic acids is 2. The summed E-state index contributed by atoms with van der Waals surface area (Å²) in [7, 11) is 0. The van der Waals surface area contributed by atoms with Gasteiger partial charge in [0.1, 0.15) is 0 Å². The Hall–Kier alpha value is 0.200. The molecule has 4 nitrogen and oxygen atoms in total. The fraction of sp³-hybridized carbons (Fsp3) is 0.900. The Morgan fingerprint density at radius 3 is 1.36 bits per heavy atom. The van der Waals surface area contributed by atoms with Gasteiger partial charge in [-0.3, -0.25) is 0 Å². The van der Waals surface area contributed by atoms with Gasteiger partial charge in [0.2, 0.25) is 0 Å². The van der Waals surface area contributed by atoms with Crippen LogP contribution in [0.15, 0.2) is 0 Å². The van der Waals surface area contributed by atoms with Crippen LogP contribution >= 0.6 is 0 Å². The van der Waals surface area contributed by atoms with Crippen molar-refractivity contribution in [3.63, 3.8) is 0 Å². The summed E-state index contributed by atoms with van der Waals surface area (Å²) in [5.74, 6) is -2.50. The second kappa shape index (κ2) is 17.6. The van der Waals surface area contributed by atoms with Crippen molar-refractivity contribution in [2.24, 2.45) is 5.41 Å². The molecule has 0 saturated carbocycles. The van der Waals surface area contributed by atoms with E-state index in [0.717, 1.165) is 51.4 Å². The first-order valence-electron chi connectivity index (χ1n) is 9.89. The number of hydrogen-bond acceptors (Lipinski definition) is 4. The van der Waals surface area contributed by atoms with Crippen LogP contribution in [0.25, 0.3) is 0 Å². The van der Waals surface area contributed by atoms with Crippen molar-refractivity contribution in [1.82, 2.24) is 0 Å². The summed E-state index contributed by atoms with van der Waals surface area (Å²) in [6.45, 7) is 4.31. The van der Waals surface area contributed by atoms with E-state index in [1.807, 2.05) is 0 Å². The molecule has 0 radical (unpaired) electrons. The van der Waals surface area contributed by atoms with Gasteiger partial charge in [0, 0.05) is 17.4 Å². The molecule has 0 fully saturated rings. The number of carboxylic acid groups (broad SMARTS) is 2. The van der Waals surface area contributed by atoms with Gasteiger partial charge in [-0.2, -0.15) is 0 Å². The molecule has 0 spiro atoms. The van der Waals surface area contributed by atoms with E-state index < -0.39 is 23.8 Å². The van der Waals surface area contributed by atoms with E-state index in [1.54, 1.807) is 0 Å². The Kier molecular flexibility index (Phi) is 19.3. The third-order valence-electron chi connectivity index (χ3n) is 4.93. The van der Waals surface area contributed by atoms with Crippen LogP contribution in [-0.2, 0) is 9.59 Å². The van der Waals surface area contributed by atoms with E-state index >= 15 is 0 Å². The average molecular weight is 381 g/mol. The Balaban J connectivity index is 0. The Bertz CT molecular complexity index is 329. The normalized spacial score (nSPS) is 11.1. The van der Waals surface area contributed by atoms with E-state index in [-0.39, 0.29) is 37.7 Å². The van der Waals surface area contributed by atoms with Gasteiger partial charge in [-0.05, 0) is 19.3 Å². The molecule has 0 aromatic rings. The zero-order valence-corrected chi connectivity index (χ0v) is 18.7. The number of rotatable bonds is 17. The molecular formula is C20H36CaO4. The standard InChI is InChI=1S/C20H38O4.Ca/c1-3-5-7-9-11-13-15-20(19(23)24,17-18(21)22)16-14-12-10-8-6-4-2;/h3-17H2,1-2H3,(H,21,22)(H,23,24);/q;+2/p-2. The summed E-state index contributed by atoms with van der Waals surface area (Å²) in [6.07, 6.45) is 13.0. The van der Waals surface area contributed by atoms with Gasteiger partial charge < -0.3 is 19.8 Å². The molecule has 0 amide bonds. The SMILES string of the molecule is CCCCCCCCC(CCCCCCCC)(CC(=O)[O-])C(=O)[O-].[Ca+2]. The Morgan fingerprint density at radius 2 is 1.04 bits per heavy atom. The van der Waals surface area contributed by atoms with Gasteiger partial charge >= 0.3 is 37.7 Å². The molecule has 0 aliphatic heterocycles. The molecular weight excluding hydrogens is 344 g/mol. The first-order valence-corrected chi connectivity index (χ1v) is 9.89. The van der Waals surface area contributed by atoms with Gasteiger partial charge in [-0.1, -0.05) is 90.9 Å². The molecule has 0 bridgehead atoms. The largest absolute Gasteiger partial charge is 2.00 e. The Morgan fingerprint density at radius 1 is 0.680 bits per heavy atom. The van der Waals surface area contributed by atoms with Crippen LogP contribution in [0, 0.1) is 5.41 Å². The van der Waals surface area contributed by atoms with Crippen molar-refractivity contribution in [3.8, 4) is 0 Å². The average Bonchev–Trinajstić information content (AvgIpc) is 2.53. The fourth-order valence-corrected chi connectivity index (χ4v) is 3.34. The number of carbonyl (C=O) groups excluding carboxylic acids is 2. The second-order valence-electron chi connectivity index (χ2n) is 7.15. The van der Waals surface area contributed by atoms with Crippen LogP contribution in [-0.4, -0.2) is 49.7 Å². The molecule has 0 aromatic heterocycles. The van der Waals surface area contributed by atoms with Crippen molar-refractivity contribution in [1.29, 1.82) is 0 Å². The predicted molar refractivity (Wildman–Crippen MR) is 98.8 cm³/mol. The summed E-state index contributed by atoms with van der Waals surface area (Å²) in [4.78, 5) is 22.8. The minimum Gasteiger partial charge on any atom is -0.550 e. The summed E-state index contributed by atoms with van der Waals surface area (Å²) in [5.41, 5.74) is -1.24. The molecule has 0 N–H and O–H groups in total. The number of carboxylic acids is 2. The second-order valence-corrected chi connectivity index (χ2v) is 7.15. The topological polar surface area (TPSA) is 80.3 Å². The summed E-state index contributed by atoms with van der Waals surface area (Å²) in [5, 5.41) is 22.8. The van der Waals surface area contributed by atoms with E-state index in [9.17, 15) is 19.8 Å². The van der Waals surface area contributed by atoms with Crippen molar-refractivity contribution in [2.75, 3.05) is 0 Å². The Labute approximate surface area is 184 Å². The maximum absolute atomic E-state index is 11.7. The smallest absolute Gasteiger partial charge is 0.550 e. The molecule has 0 unspecified atom stereocenters. The maximum atomic E-state index is 11.7. The third-order valence-corrected chi connectivity index (χ3v) is 4.93. The predicted octanol–water partition coefficient (Wildman–Crippen LogP) is 2.98. The van der Waals surface area contributed by atoms with Gasteiger partial charge in [0.15, 0.2) is 0 Å². The van der Waals surface area contributed by atoms with Crippen LogP contribution in [0.5, 0.6) is 0 Å². The van der Waals surface area contributed by atoms with Crippen LogP contribution in [0.1, 0.15) is 110 Å². The van der Waals surface area contributed by atoms with Crippen molar-refractivity contribution in [3.05, 3.63) is 0 Å². The summed E-state index contributed by atoms with van der Waals surface area (Å²) >= 11 is 0. The van der Waals surface area contributed by atoms with Gasteiger partial charge in [-0.25, -0.2) is 0 Å². The monoisotopic (exact) mass is 380 g/mol. The molecule has 0 aromatic carbocycles. The van der Waals surface area contributed by atoms with Crippen molar-refractivity contribution >= 4 is 49.7 Å². The molecule has 0 heterocycles. The number of unbranched alkanes of at least 4 members (excludes halogenated alkanes) is 10. The molecule has 0 aliphatic rings. The minimum absolute atomic E-state index is 0.